The monoisotopic (exact) mass is 491 g/mol. The molecule has 38 heavy (non-hydrogen) atoms. The summed E-state index contributed by atoms with van der Waals surface area (Å²) in [6.45, 7) is 3.86. The van der Waals surface area contributed by atoms with Gasteiger partial charge in [0.05, 0.1) is 13.3 Å². The van der Waals surface area contributed by atoms with Crippen molar-refractivity contribution >= 4 is 40.5 Å². The van der Waals surface area contributed by atoms with Crippen LogP contribution in [-0.2, 0) is 0 Å². The third-order valence-corrected chi connectivity index (χ3v) is 8.75. The first kappa shape index (κ1) is 20.5. The highest BCUT2D eigenvalue weighted by Gasteiger charge is 2.42. The highest BCUT2D eigenvalue weighted by atomic mass is 15.4. The van der Waals surface area contributed by atoms with Crippen molar-refractivity contribution in [3.8, 4) is 22.3 Å². The molecule has 8 bridgehead atoms. The van der Waals surface area contributed by atoms with E-state index < -0.39 is 0 Å². The van der Waals surface area contributed by atoms with Crippen LogP contribution in [0.25, 0.3) is 22.3 Å². The molecule has 0 atom stereocenters. The van der Waals surface area contributed by atoms with E-state index in [0.717, 1.165) is 26.4 Å². The Kier molecular flexibility index (Phi) is 4.03. The fraction of sp³-hybridized carbons (Fsp3) is 0.125. The molecule has 5 nitrogen and oxygen atoms in total. The maximum Gasteiger partial charge on any atom is 0.329 e. The van der Waals surface area contributed by atoms with E-state index in [1.165, 1.54) is 55.9 Å². The summed E-state index contributed by atoms with van der Waals surface area (Å²) in [5.41, 5.74) is 13.1. The van der Waals surface area contributed by atoms with Crippen LogP contribution in [0.15, 0.2) is 110 Å². The normalized spacial score (nSPS) is 17.6. The van der Waals surface area contributed by atoms with Crippen molar-refractivity contribution < 1.29 is 0 Å². The van der Waals surface area contributed by atoms with Crippen LogP contribution in [0.3, 0.4) is 0 Å². The molecule has 5 heterocycles. The molecule has 182 valence electrons. The van der Waals surface area contributed by atoms with E-state index >= 15 is 0 Å². The molecule has 0 amide bonds. The van der Waals surface area contributed by atoms with Crippen molar-refractivity contribution in [1.29, 1.82) is 0 Å². The van der Waals surface area contributed by atoms with Crippen molar-refractivity contribution in [3.05, 3.63) is 110 Å². The van der Waals surface area contributed by atoms with Gasteiger partial charge in [-0.05, 0) is 58.5 Å². The minimum Gasteiger partial charge on any atom is -0.376 e. The second-order valence-corrected chi connectivity index (χ2v) is 10.8. The average molecular weight is 491 g/mol. The molecule has 0 N–H and O–H groups in total. The van der Waals surface area contributed by atoms with E-state index in [4.69, 9.17) is 0 Å². The molecule has 0 aliphatic carbocycles. The van der Waals surface area contributed by atoms with Crippen LogP contribution >= 0.6 is 0 Å². The van der Waals surface area contributed by atoms with E-state index in [1.807, 2.05) is 0 Å². The number of anilines is 4. The third kappa shape index (κ3) is 2.77. The molecule has 0 saturated heterocycles. The van der Waals surface area contributed by atoms with Gasteiger partial charge in [-0.3, -0.25) is 0 Å². The summed E-state index contributed by atoms with van der Waals surface area (Å²) >= 11 is 0. The molecule has 0 spiro atoms. The molecule has 5 aliphatic rings. The first-order valence-electron chi connectivity index (χ1n) is 13.5. The van der Waals surface area contributed by atoms with Gasteiger partial charge in [-0.2, -0.15) is 0 Å². The molecular formula is C32H26BN5. The minimum atomic E-state index is 0.0974. The molecule has 0 radical (unpaired) electrons. The van der Waals surface area contributed by atoms with E-state index in [0.29, 0.717) is 0 Å². The second-order valence-electron chi connectivity index (χ2n) is 10.8. The van der Waals surface area contributed by atoms with Crippen LogP contribution < -0.4 is 25.5 Å². The fourth-order valence-corrected chi connectivity index (χ4v) is 6.89. The van der Waals surface area contributed by atoms with E-state index in [1.54, 1.807) is 0 Å². The zero-order chi connectivity index (χ0) is 24.8. The molecule has 0 unspecified atom stereocenters. The highest BCUT2D eigenvalue weighted by Crippen LogP contribution is 2.46. The van der Waals surface area contributed by atoms with Crippen LogP contribution in [0, 0.1) is 0 Å². The van der Waals surface area contributed by atoms with Crippen LogP contribution in [0.1, 0.15) is 0 Å². The number of benzene rings is 4. The van der Waals surface area contributed by atoms with Crippen LogP contribution in [0.4, 0.5) is 22.7 Å². The van der Waals surface area contributed by atoms with Gasteiger partial charge in [0.25, 0.3) is 0 Å². The lowest BCUT2D eigenvalue weighted by Gasteiger charge is -2.43. The molecule has 0 aromatic heterocycles. The van der Waals surface area contributed by atoms with Crippen LogP contribution in [0.2, 0.25) is 0 Å². The van der Waals surface area contributed by atoms with Gasteiger partial charge in [-0.1, -0.05) is 48.5 Å². The summed E-state index contributed by atoms with van der Waals surface area (Å²) in [4.78, 5) is 12.2. The topological polar surface area (TPSA) is 16.2 Å². The van der Waals surface area contributed by atoms with Gasteiger partial charge in [-0.25, -0.2) is 0 Å². The number of para-hydroxylation sites is 2. The Labute approximate surface area is 223 Å². The standard InChI is InChI=1S/C32H26BN5/c1-3-7-31-27(5-1)25-11-9-23-19-29(25)33-30-20-24(10-12-26(30)28-6-2-4-8-32(28)38(31)33)37-18-16-35(22-37)14-13-34-15-17-36(23)21-34/h1-12,15-20H,13-14,21-22H2. The predicted molar refractivity (Wildman–Crippen MR) is 157 cm³/mol. The zero-order valence-corrected chi connectivity index (χ0v) is 21.0. The first-order chi connectivity index (χ1) is 18.8. The van der Waals surface area contributed by atoms with Crippen molar-refractivity contribution in [2.24, 2.45) is 0 Å². The summed E-state index contributed by atoms with van der Waals surface area (Å²) in [6.07, 6.45) is 8.94. The average Bonchev–Trinajstić information content (AvgIpc) is 3.65. The number of hydrogen-bond donors (Lipinski definition) is 0. The van der Waals surface area contributed by atoms with E-state index in [9.17, 15) is 0 Å². The second kappa shape index (κ2) is 7.48. The molecule has 0 fully saturated rings. The van der Waals surface area contributed by atoms with Gasteiger partial charge in [0.15, 0.2) is 0 Å². The SMILES string of the molecule is C1=CN2CN1CCN1C=CN(C1)c1ccc3c(c1)B1c4cc2ccc4-c2ccccc2N1c1ccccc1-3. The van der Waals surface area contributed by atoms with Gasteiger partial charge in [0.2, 0.25) is 0 Å². The van der Waals surface area contributed by atoms with Gasteiger partial charge >= 0.3 is 6.85 Å². The van der Waals surface area contributed by atoms with Gasteiger partial charge in [-0.15, -0.1) is 0 Å². The van der Waals surface area contributed by atoms with E-state index in [2.05, 4.69) is 134 Å². The maximum absolute atomic E-state index is 2.58. The fourth-order valence-electron chi connectivity index (χ4n) is 6.89. The maximum atomic E-state index is 2.58. The van der Waals surface area contributed by atoms with Crippen molar-refractivity contribution in [1.82, 2.24) is 9.80 Å². The Morgan fingerprint density at radius 2 is 1.00 bits per heavy atom. The van der Waals surface area contributed by atoms with Gasteiger partial charge in [0, 0.05) is 71.8 Å². The Morgan fingerprint density at radius 1 is 0.500 bits per heavy atom. The van der Waals surface area contributed by atoms with Crippen LogP contribution in [0.5, 0.6) is 0 Å². The Morgan fingerprint density at radius 3 is 1.53 bits per heavy atom. The number of nitrogens with zero attached hydrogens (tertiary/aromatic N) is 5. The largest absolute Gasteiger partial charge is 0.376 e. The number of hydrogen-bond acceptors (Lipinski definition) is 5. The van der Waals surface area contributed by atoms with Gasteiger partial charge < -0.3 is 24.4 Å². The zero-order valence-electron chi connectivity index (χ0n) is 21.0. The smallest absolute Gasteiger partial charge is 0.329 e. The number of fused-ring (bicyclic) bond motifs is 14. The summed E-state index contributed by atoms with van der Waals surface area (Å²) in [5, 5.41) is 0. The lowest BCUT2D eigenvalue weighted by Crippen LogP contribution is -2.59. The molecule has 5 aliphatic heterocycles. The van der Waals surface area contributed by atoms with Gasteiger partial charge in [0.1, 0.15) is 0 Å². The molecular weight excluding hydrogens is 465 g/mol. The van der Waals surface area contributed by atoms with E-state index in [-0.39, 0.29) is 6.85 Å². The summed E-state index contributed by atoms with van der Waals surface area (Å²) < 4.78 is 0. The third-order valence-electron chi connectivity index (χ3n) is 8.75. The van der Waals surface area contributed by atoms with Crippen molar-refractivity contribution in [3.63, 3.8) is 0 Å². The van der Waals surface area contributed by atoms with Crippen LogP contribution in [-0.4, -0.2) is 43.1 Å². The summed E-state index contributed by atoms with van der Waals surface area (Å²) in [6, 6.07) is 32.0. The highest BCUT2D eigenvalue weighted by molar-refractivity contribution is 6.92. The Balaban J connectivity index is 1.35. The quantitative estimate of drug-likeness (QED) is 0.331. The number of rotatable bonds is 0. The molecule has 4 aromatic carbocycles. The molecule has 0 saturated carbocycles. The summed E-state index contributed by atoms with van der Waals surface area (Å²) in [7, 11) is 0. The minimum absolute atomic E-state index is 0.0974. The van der Waals surface area contributed by atoms with Crippen molar-refractivity contribution in [2.75, 3.05) is 41.0 Å². The lowest BCUT2D eigenvalue weighted by atomic mass is 9.43. The Bertz CT molecular complexity index is 1570. The molecule has 9 rings (SSSR count). The first-order valence-corrected chi connectivity index (χ1v) is 13.5. The Hall–Kier alpha value is -4.58. The molecule has 6 heteroatoms. The summed E-state index contributed by atoms with van der Waals surface area (Å²) in [5.74, 6) is 0. The molecule has 4 aromatic rings. The lowest BCUT2D eigenvalue weighted by molar-refractivity contribution is 0.322. The predicted octanol–water partition coefficient (Wildman–Crippen LogP) is 4.71. The van der Waals surface area contributed by atoms with Crippen molar-refractivity contribution in [2.45, 2.75) is 0 Å².